The molecule has 2 N–H and O–H groups in total. The van der Waals surface area contributed by atoms with Crippen molar-refractivity contribution in [1.29, 1.82) is 0 Å². The van der Waals surface area contributed by atoms with Gasteiger partial charge in [0.25, 0.3) is 0 Å². The van der Waals surface area contributed by atoms with Gasteiger partial charge in [-0.15, -0.1) is 0 Å². The standard InChI is InChI=1S/C29H23FN6O2/c1-18-24(27(20-10-6-3-7-11-20)35(33-18)15-19-8-4-2-5-9-19)16-36-28-25(29(38)32-17-31-28)26(34-36)21-12-22(30)14-23(37)13-21/h2-14,17,37H,15-16H2,1H3,(H,31,32,38). The van der Waals surface area contributed by atoms with E-state index in [1.165, 1.54) is 18.5 Å². The first-order valence-electron chi connectivity index (χ1n) is 12.0. The molecule has 0 spiro atoms. The van der Waals surface area contributed by atoms with Gasteiger partial charge in [-0.25, -0.2) is 19.0 Å². The van der Waals surface area contributed by atoms with Crippen LogP contribution in [0.1, 0.15) is 16.8 Å². The maximum absolute atomic E-state index is 14.1. The summed E-state index contributed by atoms with van der Waals surface area (Å²) in [5, 5.41) is 30.4. The summed E-state index contributed by atoms with van der Waals surface area (Å²) in [5.41, 5.74) is 5.77. The highest BCUT2D eigenvalue weighted by molar-refractivity contribution is 5.95. The Kier molecular flexibility index (Phi) is 5.80. The van der Waals surface area contributed by atoms with Gasteiger partial charge >= 0.3 is 0 Å². The summed E-state index contributed by atoms with van der Waals surface area (Å²) in [7, 11) is 0. The zero-order valence-electron chi connectivity index (χ0n) is 20.5. The van der Waals surface area contributed by atoms with Crippen molar-refractivity contribution in [3.8, 4) is 34.1 Å². The molecule has 0 bridgehead atoms. The van der Waals surface area contributed by atoms with Crippen LogP contribution in [0.5, 0.6) is 11.6 Å². The second-order valence-corrected chi connectivity index (χ2v) is 9.02. The second-order valence-electron chi connectivity index (χ2n) is 9.02. The number of nitrogens with zero attached hydrogens (tertiary/aromatic N) is 6. The number of benzene rings is 3. The largest absolute Gasteiger partial charge is 0.508 e. The fourth-order valence-corrected chi connectivity index (χ4v) is 4.76. The van der Waals surface area contributed by atoms with E-state index < -0.39 is 5.82 Å². The third-order valence-electron chi connectivity index (χ3n) is 6.45. The molecular weight excluding hydrogens is 483 g/mol. The van der Waals surface area contributed by atoms with E-state index in [1.807, 2.05) is 60.1 Å². The van der Waals surface area contributed by atoms with Crippen molar-refractivity contribution in [3.63, 3.8) is 0 Å². The minimum atomic E-state index is -0.622. The SMILES string of the molecule is Cc1nn(Cc2ccccc2)c(-c2ccccc2)c1Cn1nc(-c2cc(O)cc(F)c2)c2c(O)ncnc21. The van der Waals surface area contributed by atoms with E-state index in [2.05, 4.69) is 22.1 Å². The molecule has 3 aromatic heterocycles. The van der Waals surface area contributed by atoms with Gasteiger partial charge in [-0.2, -0.15) is 10.2 Å². The molecule has 3 heterocycles. The predicted octanol–water partition coefficient (Wildman–Crippen LogP) is 5.31. The van der Waals surface area contributed by atoms with E-state index in [0.717, 1.165) is 34.1 Å². The molecule has 0 amide bonds. The van der Waals surface area contributed by atoms with Gasteiger partial charge in [0, 0.05) is 22.8 Å². The van der Waals surface area contributed by atoms with Gasteiger partial charge in [-0.05, 0) is 24.6 Å². The second kappa shape index (κ2) is 9.44. The lowest BCUT2D eigenvalue weighted by Gasteiger charge is -2.11. The number of aryl methyl sites for hydroxylation is 1. The van der Waals surface area contributed by atoms with Crippen LogP contribution in [-0.2, 0) is 13.1 Å². The average Bonchev–Trinajstić information content (AvgIpc) is 3.43. The molecule has 0 saturated carbocycles. The summed E-state index contributed by atoms with van der Waals surface area (Å²) in [6.07, 6.45) is 1.26. The highest BCUT2D eigenvalue weighted by Crippen LogP contribution is 2.35. The Morgan fingerprint density at radius 2 is 1.53 bits per heavy atom. The minimum Gasteiger partial charge on any atom is -0.508 e. The molecule has 0 aliphatic carbocycles. The first-order chi connectivity index (χ1) is 18.5. The predicted molar refractivity (Wildman–Crippen MR) is 141 cm³/mol. The maximum atomic E-state index is 14.1. The molecule has 9 heteroatoms. The van der Waals surface area contributed by atoms with Crippen LogP contribution in [0.15, 0.2) is 85.2 Å². The number of halogens is 1. The number of aromatic nitrogens is 6. The quantitative estimate of drug-likeness (QED) is 0.317. The Hall–Kier alpha value is -5.05. The number of hydrogen-bond donors (Lipinski definition) is 2. The van der Waals surface area contributed by atoms with Crippen molar-refractivity contribution in [3.05, 3.63) is 108 Å². The van der Waals surface area contributed by atoms with Crippen molar-refractivity contribution in [2.75, 3.05) is 0 Å². The normalized spacial score (nSPS) is 11.3. The molecule has 0 atom stereocenters. The third-order valence-corrected chi connectivity index (χ3v) is 6.45. The van der Waals surface area contributed by atoms with E-state index >= 15 is 0 Å². The first-order valence-corrected chi connectivity index (χ1v) is 12.0. The van der Waals surface area contributed by atoms with E-state index in [4.69, 9.17) is 10.2 Å². The average molecular weight is 507 g/mol. The number of phenols is 1. The topological polar surface area (TPSA) is 102 Å². The Labute approximate surface area is 217 Å². The molecule has 188 valence electrons. The molecular formula is C29H23FN6O2. The third kappa shape index (κ3) is 4.24. The summed E-state index contributed by atoms with van der Waals surface area (Å²) in [5.74, 6) is -1.15. The highest BCUT2D eigenvalue weighted by Gasteiger charge is 2.23. The molecule has 0 aliphatic heterocycles. The highest BCUT2D eigenvalue weighted by atomic mass is 19.1. The number of hydrogen-bond acceptors (Lipinski definition) is 6. The van der Waals surface area contributed by atoms with Crippen LogP contribution in [0, 0.1) is 12.7 Å². The zero-order chi connectivity index (χ0) is 26.2. The van der Waals surface area contributed by atoms with Gasteiger partial charge < -0.3 is 10.2 Å². The molecule has 0 fully saturated rings. The molecule has 38 heavy (non-hydrogen) atoms. The van der Waals surface area contributed by atoms with Crippen LogP contribution in [0.4, 0.5) is 4.39 Å². The summed E-state index contributed by atoms with van der Waals surface area (Å²) in [4.78, 5) is 8.29. The van der Waals surface area contributed by atoms with E-state index in [1.54, 1.807) is 4.68 Å². The summed E-state index contributed by atoms with van der Waals surface area (Å²) < 4.78 is 17.8. The van der Waals surface area contributed by atoms with Crippen molar-refractivity contribution in [1.82, 2.24) is 29.5 Å². The van der Waals surface area contributed by atoms with Crippen LogP contribution in [0.25, 0.3) is 33.5 Å². The zero-order valence-corrected chi connectivity index (χ0v) is 20.5. The Bertz CT molecular complexity index is 1740. The lowest BCUT2D eigenvalue weighted by atomic mass is 10.1. The van der Waals surface area contributed by atoms with Gasteiger partial charge in [-0.3, -0.25) is 4.68 Å². The molecule has 6 rings (SSSR count). The lowest BCUT2D eigenvalue weighted by Crippen LogP contribution is -2.07. The number of rotatable bonds is 6. The Morgan fingerprint density at radius 1 is 0.789 bits per heavy atom. The Morgan fingerprint density at radius 3 is 2.26 bits per heavy atom. The van der Waals surface area contributed by atoms with Crippen LogP contribution in [0.2, 0.25) is 0 Å². The van der Waals surface area contributed by atoms with Gasteiger partial charge in [0.1, 0.15) is 29.0 Å². The lowest BCUT2D eigenvalue weighted by molar-refractivity contribution is 0.459. The maximum Gasteiger partial charge on any atom is 0.225 e. The molecule has 0 unspecified atom stereocenters. The number of phenolic OH excluding ortho intramolecular Hbond substituents is 1. The van der Waals surface area contributed by atoms with Crippen molar-refractivity contribution < 1.29 is 14.6 Å². The van der Waals surface area contributed by atoms with Gasteiger partial charge in [0.15, 0.2) is 5.65 Å². The first kappa shape index (κ1) is 23.4. The number of fused-ring (bicyclic) bond motifs is 1. The van der Waals surface area contributed by atoms with Gasteiger partial charge in [-0.1, -0.05) is 60.7 Å². The Balaban J connectivity index is 1.52. The van der Waals surface area contributed by atoms with Crippen molar-refractivity contribution in [2.45, 2.75) is 20.0 Å². The smallest absolute Gasteiger partial charge is 0.225 e. The van der Waals surface area contributed by atoms with Crippen LogP contribution in [-0.4, -0.2) is 39.7 Å². The van der Waals surface area contributed by atoms with E-state index in [9.17, 15) is 14.6 Å². The van der Waals surface area contributed by atoms with Crippen molar-refractivity contribution >= 4 is 11.0 Å². The summed E-state index contributed by atoms with van der Waals surface area (Å²) >= 11 is 0. The molecule has 3 aromatic carbocycles. The van der Waals surface area contributed by atoms with Crippen LogP contribution in [0.3, 0.4) is 0 Å². The minimum absolute atomic E-state index is 0.247. The van der Waals surface area contributed by atoms with E-state index in [0.29, 0.717) is 24.3 Å². The number of aromatic hydroxyl groups is 2. The van der Waals surface area contributed by atoms with Gasteiger partial charge in [0.2, 0.25) is 5.88 Å². The van der Waals surface area contributed by atoms with Gasteiger partial charge in [0.05, 0.1) is 24.5 Å². The van der Waals surface area contributed by atoms with Crippen LogP contribution >= 0.6 is 0 Å². The molecule has 8 nitrogen and oxygen atoms in total. The molecule has 0 radical (unpaired) electrons. The van der Waals surface area contributed by atoms with Crippen LogP contribution < -0.4 is 0 Å². The van der Waals surface area contributed by atoms with Crippen molar-refractivity contribution in [2.24, 2.45) is 0 Å². The fourth-order valence-electron chi connectivity index (χ4n) is 4.76. The monoisotopic (exact) mass is 506 g/mol. The summed E-state index contributed by atoms with van der Waals surface area (Å²) in [6, 6.07) is 23.8. The molecule has 6 aromatic rings. The van der Waals surface area contributed by atoms with E-state index in [-0.39, 0.29) is 22.7 Å². The molecule has 0 saturated heterocycles. The molecule has 0 aliphatic rings. The fraction of sp³-hybridized carbons (Fsp3) is 0.103. The summed E-state index contributed by atoms with van der Waals surface area (Å²) in [6.45, 7) is 2.83.